The van der Waals surface area contributed by atoms with Gasteiger partial charge in [0.2, 0.25) is 5.78 Å². The summed E-state index contributed by atoms with van der Waals surface area (Å²) in [6, 6.07) is 0. The number of ether oxygens (including phenoxy) is 4. The summed E-state index contributed by atoms with van der Waals surface area (Å²) in [4.78, 5) is 54.8. The number of hydrogen-bond donors (Lipinski definition) is 0. The summed E-state index contributed by atoms with van der Waals surface area (Å²) < 4.78 is 24.0. The van der Waals surface area contributed by atoms with Crippen LogP contribution in [0.4, 0.5) is 0 Å². The first-order chi connectivity index (χ1) is 25.5. The third-order valence-electron chi connectivity index (χ3n) is 10.6. The van der Waals surface area contributed by atoms with Crippen molar-refractivity contribution >= 4 is 46.8 Å². The SMILES string of the molecule is C/C=C\C=C1/CSC2=C(C=C(OCC(=O)C(C)(CC)OCCCCC(C)(CC)OC(=O)COC3=CC4=C(CC3)SC3CC=CC=C3C4=O)CCC2)C1=O. The first-order valence-corrected chi connectivity index (χ1v) is 20.9. The van der Waals surface area contributed by atoms with Crippen molar-refractivity contribution in [2.45, 2.75) is 122 Å². The van der Waals surface area contributed by atoms with Crippen molar-refractivity contribution in [2.75, 3.05) is 25.6 Å². The van der Waals surface area contributed by atoms with Crippen LogP contribution in [-0.4, -0.2) is 65.3 Å². The van der Waals surface area contributed by atoms with E-state index in [0.29, 0.717) is 73.5 Å². The lowest BCUT2D eigenvalue weighted by Crippen LogP contribution is -2.40. The zero-order valence-corrected chi connectivity index (χ0v) is 33.5. The molecular weight excluding hydrogens is 709 g/mol. The van der Waals surface area contributed by atoms with Gasteiger partial charge in [-0.2, -0.15) is 0 Å². The average Bonchev–Trinajstić information content (AvgIpc) is 3.38. The molecule has 0 amide bonds. The lowest BCUT2D eigenvalue weighted by molar-refractivity contribution is -0.163. The highest BCUT2D eigenvalue weighted by atomic mass is 32.2. The van der Waals surface area contributed by atoms with Gasteiger partial charge in [-0.1, -0.05) is 50.3 Å². The van der Waals surface area contributed by atoms with Crippen molar-refractivity contribution in [3.05, 3.63) is 92.2 Å². The van der Waals surface area contributed by atoms with Gasteiger partial charge in [-0.25, -0.2) is 4.79 Å². The lowest BCUT2D eigenvalue weighted by atomic mass is 9.91. The Morgan fingerprint density at radius 3 is 2.43 bits per heavy atom. The highest BCUT2D eigenvalue weighted by molar-refractivity contribution is 8.04. The number of carbonyl (C=O) groups excluding carboxylic acids is 4. The quantitative estimate of drug-likeness (QED) is 0.0809. The zero-order valence-electron chi connectivity index (χ0n) is 31.9. The molecule has 0 bridgehead atoms. The average molecular weight is 763 g/mol. The van der Waals surface area contributed by atoms with Crippen molar-refractivity contribution in [1.82, 2.24) is 0 Å². The van der Waals surface area contributed by atoms with E-state index in [4.69, 9.17) is 18.9 Å². The van der Waals surface area contributed by atoms with Crippen LogP contribution in [-0.2, 0) is 38.1 Å². The molecular formula is C43H54O8S2. The van der Waals surface area contributed by atoms with Gasteiger partial charge in [0.25, 0.3) is 0 Å². The Morgan fingerprint density at radius 2 is 1.68 bits per heavy atom. The number of ketones is 3. The van der Waals surface area contributed by atoms with Crippen LogP contribution in [0.5, 0.6) is 0 Å². The minimum Gasteiger partial charge on any atom is -0.490 e. The van der Waals surface area contributed by atoms with Gasteiger partial charge in [0.05, 0.1) is 11.5 Å². The van der Waals surface area contributed by atoms with Crippen molar-refractivity contribution in [1.29, 1.82) is 0 Å². The van der Waals surface area contributed by atoms with Crippen LogP contribution >= 0.6 is 23.5 Å². The Hall–Kier alpha value is -3.34. The molecule has 286 valence electrons. The van der Waals surface area contributed by atoms with Gasteiger partial charge < -0.3 is 18.9 Å². The number of carbonyl (C=O) groups is 4. The van der Waals surface area contributed by atoms with Crippen LogP contribution in [0.15, 0.2) is 92.2 Å². The molecule has 0 aromatic heterocycles. The number of allylic oxidation sites excluding steroid dienone is 14. The largest absolute Gasteiger partial charge is 0.490 e. The Bertz CT molecular complexity index is 1700. The molecule has 3 aliphatic carbocycles. The van der Waals surface area contributed by atoms with E-state index in [1.807, 2.05) is 71.1 Å². The fourth-order valence-corrected chi connectivity index (χ4v) is 9.31. The molecule has 53 heavy (non-hydrogen) atoms. The highest BCUT2D eigenvalue weighted by Crippen LogP contribution is 2.45. The van der Waals surface area contributed by atoms with Gasteiger partial charge >= 0.3 is 5.97 Å². The van der Waals surface area contributed by atoms with E-state index >= 15 is 0 Å². The summed E-state index contributed by atoms with van der Waals surface area (Å²) in [5.41, 5.74) is 1.32. The molecule has 0 aromatic rings. The third-order valence-corrected chi connectivity index (χ3v) is 13.3. The van der Waals surface area contributed by atoms with Crippen molar-refractivity contribution < 1.29 is 38.1 Å². The number of unbranched alkanes of at least 4 members (excludes halogenated alkanes) is 1. The molecule has 10 heteroatoms. The molecule has 0 saturated heterocycles. The normalized spacial score (nSPS) is 23.2. The number of hydrogen-bond acceptors (Lipinski definition) is 10. The molecule has 0 spiro atoms. The van der Waals surface area contributed by atoms with Crippen molar-refractivity contribution in [3.8, 4) is 0 Å². The smallest absolute Gasteiger partial charge is 0.344 e. The number of rotatable bonds is 17. The zero-order chi connectivity index (χ0) is 38.0. The molecule has 0 aromatic carbocycles. The first kappa shape index (κ1) is 40.8. The van der Waals surface area contributed by atoms with Gasteiger partial charge in [-0.05, 0) is 101 Å². The minimum absolute atomic E-state index is 0.0365. The molecule has 2 heterocycles. The fraction of sp³-hybridized carbons (Fsp3) is 0.535. The monoisotopic (exact) mass is 762 g/mol. The Balaban J connectivity index is 1.04. The fourth-order valence-electron chi connectivity index (χ4n) is 6.79. The molecule has 2 aliphatic heterocycles. The van der Waals surface area contributed by atoms with E-state index in [1.165, 1.54) is 0 Å². The summed E-state index contributed by atoms with van der Waals surface area (Å²) in [7, 11) is 0. The molecule has 8 nitrogen and oxygen atoms in total. The molecule has 0 radical (unpaired) electrons. The summed E-state index contributed by atoms with van der Waals surface area (Å²) in [5, 5.41) is 0.195. The van der Waals surface area contributed by atoms with E-state index in [9.17, 15) is 19.2 Å². The van der Waals surface area contributed by atoms with Crippen molar-refractivity contribution in [3.63, 3.8) is 0 Å². The van der Waals surface area contributed by atoms with Gasteiger partial charge in [0.1, 0.15) is 17.8 Å². The van der Waals surface area contributed by atoms with Crippen LogP contribution in [0.2, 0.25) is 0 Å². The molecule has 3 unspecified atom stereocenters. The topological polar surface area (TPSA) is 105 Å². The third kappa shape index (κ3) is 10.5. The number of esters is 1. The van der Waals surface area contributed by atoms with Crippen molar-refractivity contribution in [2.24, 2.45) is 0 Å². The second kappa shape index (κ2) is 18.8. The van der Waals surface area contributed by atoms with E-state index < -0.39 is 17.2 Å². The second-order valence-electron chi connectivity index (χ2n) is 14.5. The predicted molar refractivity (Wildman–Crippen MR) is 212 cm³/mol. The number of Topliss-reactive ketones (excluding diaryl/α,β-unsaturated/α-hetero) is 3. The summed E-state index contributed by atoms with van der Waals surface area (Å²) in [6.45, 7) is 9.65. The second-order valence-corrected chi connectivity index (χ2v) is 16.8. The highest BCUT2D eigenvalue weighted by Gasteiger charge is 2.36. The molecule has 0 saturated carbocycles. The Morgan fingerprint density at radius 1 is 0.925 bits per heavy atom. The molecule has 0 fully saturated rings. The minimum atomic E-state index is -0.996. The van der Waals surface area contributed by atoms with E-state index in [2.05, 4.69) is 6.08 Å². The maximum Gasteiger partial charge on any atom is 0.344 e. The van der Waals surface area contributed by atoms with Crippen LogP contribution < -0.4 is 0 Å². The van der Waals surface area contributed by atoms with Crippen LogP contribution in [0.3, 0.4) is 0 Å². The maximum atomic E-state index is 13.4. The molecule has 3 atom stereocenters. The Kier molecular flexibility index (Phi) is 14.5. The van der Waals surface area contributed by atoms with Gasteiger partial charge in [-0.3, -0.25) is 14.4 Å². The molecule has 5 aliphatic rings. The molecule has 5 rings (SSSR count). The van der Waals surface area contributed by atoms with Crippen LogP contribution in [0.1, 0.15) is 105 Å². The first-order valence-electron chi connectivity index (χ1n) is 19.1. The van der Waals surface area contributed by atoms with Gasteiger partial charge in [-0.15, -0.1) is 23.5 Å². The standard InChI is InChI=1S/C43H54O8S2/c1-6-9-15-29-28-52-35-19-14-16-30(24-33(35)40(29)46)48-26-38(44)43(5,8-3)50-23-13-12-22-42(4,7-2)51-39(45)27-49-31-20-21-37-34(25-31)41(47)32-17-10-11-18-36(32)53-37/h6,9-11,15,17,24-25,36H,7-8,12-14,16,18-23,26-28H2,1-5H3/b9-6-,29-15+. The predicted octanol–water partition coefficient (Wildman–Crippen LogP) is 9.30. The van der Waals surface area contributed by atoms with E-state index in [1.54, 1.807) is 29.6 Å². The van der Waals surface area contributed by atoms with Gasteiger partial charge in [0, 0.05) is 52.7 Å². The molecule has 0 N–H and O–H groups in total. The summed E-state index contributed by atoms with van der Waals surface area (Å²) in [5.74, 6) is 1.50. The van der Waals surface area contributed by atoms with E-state index in [-0.39, 0.29) is 35.8 Å². The maximum absolute atomic E-state index is 13.4. The number of thioether (sulfide) groups is 2. The van der Waals surface area contributed by atoms with Crippen LogP contribution in [0.25, 0.3) is 0 Å². The summed E-state index contributed by atoms with van der Waals surface area (Å²) in [6.07, 6.45) is 23.1. The van der Waals surface area contributed by atoms with Crippen LogP contribution in [0, 0.1) is 0 Å². The number of fused-ring (bicyclic) bond motifs is 1. The Labute approximate surface area is 323 Å². The summed E-state index contributed by atoms with van der Waals surface area (Å²) >= 11 is 3.48. The van der Waals surface area contributed by atoms with Gasteiger partial charge in [0.15, 0.2) is 18.2 Å². The lowest BCUT2D eigenvalue weighted by Gasteiger charge is -2.31. The van der Waals surface area contributed by atoms with E-state index in [0.717, 1.165) is 53.1 Å².